The molecular formula is C15H24N2O2. The van der Waals surface area contributed by atoms with Crippen LogP contribution >= 0.6 is 0 Å². The molecule has 0 aromatic heterocycles. The summed E-state index contributed by atoms with van der Waals surface area (Å²) < 4.78 is 5.49. The minimum atomic E-state index is 0.0838. The number of para-hydroxylation sites is 1. The maximum Gasteiger partial charge on any atom is 0.220 e. The van der Waals surface area contributed by atoms with Crippen LogP contribution in [0.2, 0.25) is 0 Å². The second-order valence-electron chi connectivity index (χ2n) is 4.73. The van der Waals surface area contributed by atoms with Gasteiger partial charge in [-0.1, -0.05) is 25.1 Å². The molecule has 0 spiro atoms. The summed E-state index contributed by atoms with van der Waals surface area (Å²) in [7, 11) is 0. The summed E-state index contributed by atoms with van der Waals surface area (Å²) in [5, 5.41) is 2.86. The van der Waals surface area contributed by atoms with Crippen LogP contribution in [-0.2, 0) is 4.79 Å². The van der Waals surface area contributed by atoms with Crippen LogP contribution in [0.5, 0.6) is 5.75 Å². The maximum atomic E-state index is 11.6. The first-order valence-corrected chi connectivity index (χ1v) is 6.87. The number of hydrogen-bond acceptors (Lipinski definition) is 3. The fourth-order valence-electron chi connectivity index (χ4n) is 1.77. The molecule has 4 heteroatoms. The number of hydrogen-bond donors (Lipinski definition) is 2. The number of amides is 1. The summed E-state index contributed by atoms with van der Waals surface area (Å²) >= 11 is 0. The maximum absolute atomic E-state index is 11.6. The second kappa shape index (κ2) is 9.39. The van der Waals surface area contributed by atoms with E-state index in [4.69, 9.17) is 10.5 Å². The van der Waals surface area contributed by atoms with Gasteiger partial charge < -0.3 is 15.8 Å². The first kappa shape index (κ1) is 15.5. The molecule has 1 unspecified atom stereocenters. The Kier molecular flexibility index (Phi) is 7.66. The highest BCUT2D eigenvalue weighted by atomic mass is 16.5. The van der Waals surface area contributed by atoms with E-state index in [1.54, 1.807) is 0 Å². The van der Waals surface area contributed by atoms with Crippen LogP contribution in [0.3, 0.4) is 0 Å². The van der Waals surface area contributed by atoms with Crippen LogP contribution < -0.4 is 15.8 Å². The van der Waals surface area contributed by atoms with Gasteiger partial charge in [0.15, 0.2) is 0 Å². The normalized spacial score (nSPS) is 11.9. The third-order valence-corrected chi connectivity index (χ3v) is 2.96. The van der Waals surface area contributed by atoms with Crippen LogP contribution in [0.1, 0.15) is 26.2 Å². The van der Waals surface area contributed by atoms with Crippen molar-refractivity contribution in [3.05, 3.63) is 30.3 Å². The lowest BCUT2D eigenvalue weighted by molar-refractivity contribution is -0.121. The molecule has 0 saturated heterocycles. The molecule has 106 valence electrons. The third-order valence-electron chi connectivity index (χ3n) is 2.96. The van der Waals surface area contributed by atoms with Gasteiger partial charge in [-0.15, -0.1) is 0 Å². The van der Waals surface area contributed by atoms with Crippen molar-refractivity contribution in [1.82, 2.24) is 5.32 Å². The minimum Gasteiger partial charge on any atom is -0.492 e. The molecule has 1 aromatic carbocycles. The summed E-state index contributed by atoms with van der Waals surface area (Å²) in [6, 6.07) is 9.59. The van der Waals surface area contributed by atoms with Gasteiger partial charge in [0.25, 0.3) is 0 Å². The topological polar surface area (TPSA) is 64.4 Å². The largest absolute Gasteiger partial charge is 0.492 e. The average Bonchev–Trinajstić information content (AvgIpc) is 2.43. The number of nitrogens with one attached hydrogen (secondary N) is 1. The molecule has 19 heavy (non-hydrogen) atoms. The van der Waals surface area contributed by atoms with E-state index in [-0.39, 0.29) is 5.91 Å². The number of rotatable bonds is 9. The van der Waals surface area contributed by atoms with Crippen molar-refractivity contribution in [2.45, 2.75) is 26.2 Å². The fourth-order valence-corrected chi connectivity index (χ4v) is 1.77. The van der Waals surface area contributed by atoms with Crippen molar-refractivity contribution in [1.29, 1.82) is 0 Å². The number of carbonyl (C=O) groups excluding carboxylic acids is 1. The quantitative estimate of drug-likeness (QED) is 0.670. The zero-order chi connectivity index (χ0) is 13.9. The van der Waals surface area contributed by atoms with E-state index >= 15 is 0 Å². The predicted molar refractivity (Wildman–Crippen MR) is 77.0 cm³/mol. The molecule has 1 amide bonds. The van der Waals surface area contributed by atoms with Gasteiger partial charge in [-0.25, -0.2) is 0 Å². The zero-order valence-electron chi connectivity index (χ0n) is 11.6. The smallest absolute Gasteiger partial charge is 0.220 e. The fraction of sp³-hybridized carbons (Fsp3) is 0.533. The molecule has 0 saturated carbocycles. The number of benzene rings is 1. The summed E-state index contributed by atoms with van der Waals surface area (Å²) in [4.78, 5) is 11.6. The van der Waals surface area contributed by atoms with Crippen LogP contribution in [0.15, 0.2) is 30.3 Å². The van der Waals surface area contributed by atoms with Gasteiger partial charge in [0.2, 0.25) is 5.91 Å². The monoisotopic (exact) mass is 264 g/mol. The van der Waals surface area contributed by atoms with Crippen molar-refractivity contribution < 1.29 is 9.53 Å². The standard InChI is InChI=1S/C15H24N2O2/c1-13(9-10-16)7-8-15(18)17-11-12-19-14-5-3-2-4-6-14/h2-6,13H,7-12,16H2,1H3,(H,17,18). The summed E-state index contributed by atoms with van der Waals surface area (Å²) in [5.74, 6) is 1.42. The van der Waals surface area contributed by atoms with Crippen LogP contribution in [0.4, 0.5) is 0 Å². The Morgan fingerprint density at radius 2 is 2.05 bits per heavy atom. The number of ether oxygens (including phenoxy) is 1. The molecule has 4 nitrogen and oxygen atoms in total. The molecule has 0 radical (unpaired) electrons. The second-order valence-corrected chi connectivity index (χ2v) is 4.73. The Hall–Kier alpha value is -1.55. The lowest BCUT2D eigenvalue weighted by atomic mass is 10.0. The molecule has 3 N–H and O–H groups in total. The molecule has 0 bridgehead atoms. The molecule has 1 atom stereocenters. The summed E-state index contributed by atoms with van der Waals surface area (Å²) in [6.07, 6.45) is 2.43. The van der Waals surface area contributed by atoms with Gasteiger partial charge in [-0.05, 0) is 37.4 Å². The Morgan fingerprint density at radius 3 is 2.74 bits per heavy atom. The van der Waals surface area contributed by atoms with E-state index in [1.807, 2.05) is 30.3 Å². The zero-order valence-corrected chi connectivity index (χ0v) is 11.6. The van der Waals surface area contributed by atoms with E-state index in [1.165, 1.54) is 0 Å². The van der Waals surface area contributed by atoms with Gasteiger partial charge in [-0.3, -0.25) is 4.79 Å². The molecule has 0 aliphatic rings. The van der Waals surface area contributed by atoms with Gasteiger partial charge >= 0.3 is 0 Å². The SMILES string of the molecule is CC(CCN)CCC(=O)NCCOc1ccccc1. The summed E-state index contributed by atoms with van der Waals surface area (Å²) in [5.41, 5.74) is 5.47. The Morgan fingerprint density at radius 1 is 1.32 bits per heavy atom. The van der Waals surface area contributed by atoms with Crippen LogP contribution in [0, 0.1) is 5.92 Å². The van der Waals surface area contributed by atoms with E-state index in [2.05, 4.69) is 12.2 Å². The Bertz CT molecular complexity index is 354. The van der Waals surface area contributed by atoms with E-state index < -0.39 is 0 Å². The van der Waals surface area contributed by atoms with Crippen molar-refractivity contribution in [2.75, 3.05) is 19.7 Å². The Labute approximate surface area is 115 Å². The molecule has 0 fully saturated rings. The number of carbonyl (C=O) groups is 1. The molecule has 1 rings (SSSR count). The molecular weight excluding hydrogens is 240 g/mol. The highest BCUT2D eigenvalue weighted by molar-refractivity contribution is 5.75. The first-order chi connectivity index (χ1) is 9.22. The molecule has 1 aromatic rings. The lowest BCUT2D eigenvalue weighted by Crippen LogP contribution is -2.28. The molecule has 0 heterocycles. The van der Waals surface area contributed by atoms with E-state index in [9.17, 15) is 4.79 Å². The Balaban J connectivity index is 2.04. The van der Waals surface area contributed by atoms with Gasteiger partial charge in [0.1, 0.15) is 12.4 Å². The van der Waals surface area contributed by atoms with Gasteiger partial charge in [0.05, 0.1) is 6.54 Å². The molecule has 0 aliphatic carbocycles. The predicted octanol–water partition coefficient (Wildman–Crippen LogP) is 1.95. The highest BCUT2D eigenvalue weighted by Gasteiger charge is 2.05. The van der Waals surface area contributed by atoms with Crippen molar-refractivity contribution >= 4 is 5.91 Å². The average molecular weight is 264 g/mol. The highest BCUT2D eigenvalue weighted by Crippen LogP contribution is 2.09. The third kappa shape index (κ3) is 7.47. The summed E-state index contributed by atoms with van der Waals surface area (Å²) in [6.45, 7) is 3.85. The number of nitrogens with two attached hydrogens (primary N) is 1. The van der Waals surface area contributed by atoms with Crippen LogP contribution in [0.25, 0.3) is 0 Å². The molecule has 0 aliphatic heterocycles. The van der Waals surface area contributed by atoms with Gasteiger partial charge in [-0.2, -0.15) is 0 Å². The lowest BCUT2D eigenvalue weighted by Gasteiger charge is -2.10. The minimum absolute atomic E-state index is 0.0838. The van der Waals surface area contributed by atoms with E-state index in [0.717, 1.165) is 18.6 Å². The first-order valence-electron chi connectivity index (χ1n) is 6.87. The van der Waals surface area contributed by atoms with Crippen molar-refractivity contribution in [2.24, 2.45) is 11.7 Å². The van der Waals surface area contributed by atoms with Crippen LogP contribution in [-0.4, -0.2) is 25.6 Å². The van der Waals surface area contributed by atoms with Gasteiger partial charge in [0, 0.05) is 6.42 Å². The van der Waals surface area contributed by atoms with E-state index in [0.29, 0.717) is 32.0 Å². The van der Waals surface area contributed by atoms with Crippen molar-refractivity contribution in [3.8, 4) is 5.75 Å². The van der Waals surface area contributed by atoms with Crippen molar-refractivity contribution in [3.63, 3.8) is 0 Å².